The second-order valence-electron chi connectivity index (χ2n) is 8.14. The van der Waals surface area contributed by atoms with E-state index in [1.807, 2.05) is 35.2 Å². The molecule has 30 heavy (non-hydrogen) atoms. The predicted molar refractivity (Wildman–Crippen MR) is 110 cm³/mol. The molecule has 0 spiro atoms. The maximum Gasteiger partial charge on any atom is 0.254 e. The SMILES string of the molecule is Cn1cc(C(=O)NC2CCN(C(=O)[C@H]3CC(=O)N(Cc4ccccc4)C3)CC2)cn1. The number of carbonyl (C=O) groups is 3. The molecule has 4 rings (SSSR count). The van der Waals surface area contributed by atoms with Gasteiger partial charge in [-0.05, 0) is 18.4 Å². The topological polar surface area (TPSA) is 87.5 Å². The van der Waals surface area contributed by atoms with Gasteiger partial charge in [0.1, 0.15) is 0 Å². The van der Waals surface area contributed by atoms with Gasteiger partial charge in [0.15, 0.2) is 0 Å². The highest BCUT2D eigenvalue weighted by molar-refractivity contribution is 5.94. The molecule has 2 fully saturated rings. The number of hydrogen-bond acceptors (Lipinski definition) is 4. The van der Waals surface area contributed by atoms with Crippen molar-refractivity contribution in [3.8, 4) is 0 Å². The minimum Gasteiger partial charge on any atom is -0.349 e. The van der Waals surface area contributed by atoms with Crippen LogP contribution in [0, 0.1) is 5.92 Å². The highest BCUT2D eigenvalue weighted by atomic mass is 16.2. The lowest BCUT2D eigenvalue weighted by molar-refractivity contribution is -0.136. The van der Waals surface area contributed by atoms with Crippen LogP contribution >= 0.6 is 0 Å². The minimum absolute atomic E-state index is 0.0378. The van der Waals surface area contributed by atoms with Gasteiger partial charge in [-0.3, -0.25) is 19.1 Å². The number of piperidine rings is 1. The smallest absolute Gasteiger partial charge is 0.254 e. The van der Waals surface area contributed by atoms with Gasteiger partial charge in [0, 0.05) is 51.9 Å². The molecule has 0 saturated carbocycles. The molecular formula is C22H27N5O3. The first kappa shape index (κ1) is 20.1. The summed E-state index contributed by atoms with van der Waals surface area (Å²) >= 11 is 0. The number of carbonyl (C=O) groups excluding carboxylic acids is 3. The molecule has 8 nitrogen and oxygen atoms in total. The molecule has 3 heterocycles. The number of aryl methyl sites for hydroxylation is 1. The molecule has 3 amide bonds. The van der Waals surface area contributed by atoms with Crippen molar-refractivity contribution >= 4 is 17.7 Å². The van der Waals surface area contributed by atoms with E-state index in [9.17, 15) is 14.4 Å². The Morgan fingerprint density at radius 3 is 2.57 bits per heavy atom. The standard InChI is InChI=1S/C22H27N5O3/c1-25-14-18(12-23-25)21(29)24-19-7-9-26(10-8-19)22(30)17-11-20(28)27(15-17)13-16-5-3-2-4-6-16/h2-6,12,14,17,19H,7-11,13,15H2,1H3,(H,24,29)/t17-/m0/s1. The number of nitrogens with one attached hydrogen (secondary N) is 1. The van der Waals surface area contributed by atoms with Gasteiger partial charge < -0.3 is 15.1 Å². The zero-order valence-electron chi connectivity index (χ0n) is 17.2. The third kappa shape index (κ3) is 4.53. The molecule has 0 unspecified atom stereocenters. The minimum atomic E-state index is -0.275. The zero-order chi connectivity index (χ0) is 21.1. The first-order valence-corrected chi connectivity index (χ1v) is 10.4. The van der Waals surface area contributed by atoms with E-state index in [4.69, 9.17) is 0 Å². The van der Waals surface area contributed by atoms with Crippen molar-refractivity contribution in [3.63, 3.8) is 0 Å². The van der Waals surface area contributed by atoms with Crippen LogP contribution in [-0.4, -0.2) is 63.0 Å². The summed E-state index contributed by atoms with van der Waals surface area (Å²) in [6.45, 7) is 2.22. The van der Waals surface area contributed by atoms with E-state index in [0.29, 0.717) is 44.6 Å². The molecule has 158 valence electrons. The number of hydrogen-bond donors (Lipinski definition) is 1. The lowest BCUT2D eigenvalue weighted by Gasteiger charge is -2.33. The molecule has 1 N–H and O–H groups in total. The molecule has 1 atom stereocenters. The summed E-state index contributed by atoms with van der Waals surface area (Å²) in [7, 11) is 1.77. The Morgan fingerprint density at radius 2 is 1.90 bits per heavy atom. The Morgan fingerprint density at radius 1 is 1.17 bits per heavy atom. The fraction of sp³-hybridized carbons (Fsp3) is 0.455. The second-order valence-corrected chi connectivity index (χ2v) is 8.14. The van der Waals surface area contributed by atoms with E-state index in [1.54, 1.807) is 29.0 Å². The maximum absolute atomic E-state index is 12.9. The van der Waals surface area contributed by atoms with E-state index in [0.717, 1.165) is 5.56 Å². The van der Waals surface area contributed by atoms with E-state index in [2.05, 4.69) is 10.4 Å². The van der Waals surface area contributed by atoms with Crippen LogP contribution in [0.1, 0.15) is 35.2 Å². The van der Waals surface area contributed by atoms with Gasteiger partial charge in [-0.1, -0.05) is 30.3 Å². The molecule has 0 bridgehead atoms. The van der Waals surface area contributed by atoms with E-state index < -0.39 is 0 Å². The fourth-order valence-electron chi connectivity index (χ4n) is 4.20. The summed E-state index contributed by atoms with van der Waals surface area (Å²) < 4.78 is 1.60. The first-order valence-electron chi connectivity index (χ1n) is 10.4. The van der Waals surface area contributed by atoms with Crippen LogP contribution in [0.25, 0.3) is 0 Å². The molecule has 0 aliphatic carbocycles. The molecule has 2 aromatic rings. The van der Waals surface area contributed by atoms with Gasteiger partial charge in [0.05, 0.1) is 17.7 Å². The normalized spacial score (nSPS) is 19.9. The van der Waals surface area contributed by atoms with Crippen LogP contribution in [0.2, 0.25) is 0 Å². The summed E-state index contributed by atoms with van der Waals surface area (Å²) in [6, 6.07) is 9.89. The highest BCUT2D eigenvalue weighted by Crippen LogP contribution is 2.24. The third-order valence-corrected chi connectivity index (χ3v) is 5.89. The molecule has 1 aromatic heterocycles. The van der Waals surface area contributed by atoms with Crippen LogP contribution in [0.4, 0.5) is 0 Å². The molecule has 2 saturated heterocycles. The summed E-state index contributed by atoms with van der Waals surface area (Å²) in [6.07, 6.45) is 4.94. The monoisotopic (exact) mass is 409 g/mol. The van der Waals surface area contributed by atoms with Crippen molar-refractivity contribution in [1.29, 1.82) is 0 Å². The van der Waals surface area contributed by atoms with Gasteiger partial charge in [-0.15, -0.1) is 0 Å². The summed E-state index contributed by atoms with van der Waals surface area (Å²) in [5.74, 6) is -0.319. The van der Waals surface area contributed by atoms with E-state index >= 15 is 0 Å². The largest absolute Gasteiger partial charge is 0.349 e. The number of rotatable bonds is 5. The average molecular weight is 409 g/mol. The molecule has 2 aliphatic heterocycles. The van der Waals surface area contributed by atoms with Crippen molar-refractivity contribution in [2.45, 2.75) is 31.8 Å². The van der Waals surface area contributed by atoms with E-state index in [-0.39, 0.29) is 36.1 Å². The first-order chi connectivity index (χ1) is 14.5. The number of amides is 3. The predicted octanol–water partition coefficient (Wildman–Crippen LogP) is 1.19. The average Bonchev–Trinajstić information content (AvgIpc) is 3.35. The van der Waals surface area contributed by atoms with Crippen LogP contribution in [-0.2, 0) is 23.2 Å². The highest BCUT2D eigenvalue weighted by Gasteiger charge is 2.37. The number of nitrogens with zero attached hydrogens (tertiary/aromatic N) is 4. The zero-order valence-corrected chi connectivity index (χ0v) is 17.2. The summed E-state index contributed by atoms with van der Waals surface area (Å²) in [4.78, 5) is 41.2. The van der Waals surface area contributed by atoms with Gasteiger partial charge >= 0.3 is 0 Å². The summed E-state index contributed by atoms with van der Waals surface area (Å²) in [5.41, 5.74) is 1.61. The van der Waals surface area contributed by atoms with Gasteiger partial charge in [-0.2, -0.15) is 5.10 Å². The van der Waals surface area contributed by atoms with Crippen LogP contribution in [0.5, 0.6) is 0 Å². The Balaban J connectivity index is 1.26. The van der Waals surface area contributed by atoms with Gasteiger partial charge in [0.2, 0.25) is 11.8 Å². The maximum atomic E-state index is 12.9. The fourth-order valence-corrected chi connectivity index (χ4v) is 4.20. The molecule has 0 radical (unpaired) electrons. The Hall–Kier alpha value is -3.16. The van der Waals surface area contributed by atoms with Crippen molar-refractivity contribution in [2.24, 2.45) is 13.0 Å². The lowest BCUT2D eigenvalue weighted by atomic mass is 10.0. The van der Waals surface area contributed by atoms with Gasteiger partial charge in [-0.25, -0.2) is 0 Å². The molecule has 8 heteroatoms. The van der Waals surface area contributed by atoms with Crippen LogP contribution in [0.15, 0.2) is 42.7 Å². The van der Waals surface area contributed by atoms with Crippen molar-refractivity contribution in [2.75, 3.05) is 19.6 Å². The second kappa shape index (κ2) is 8.69. The van der Waals surface area contributed by atoms with Gasteiger partial charge in [0.25, 0.3) is 5.91 Å². The number of aromatic nitrogens is 2. The van der Waals surface area contributed by atoms with Crippen LogP contribution < -0.4 is 5.32 Å². The molecular weight excluding hydrogens is 382 g/mol. The Labute approximate surface area is 175 Å². The van der Waals surface area contributed by atoms with Crippen LogP contribution in [0.3, 0.4) is 0 Å². The quantitative estimate of drug-likeness (QED) is 0.804. The van der Waals surface area contributed by atoms with Crippen molar-refractivity contribution in [3.05, 3.63) is 53.9 Å². The van der Waals surface area contributed by atoms with E-state index in [1.165, 1.54) is 0 Å². The number of benzene rings is 1. The van der Waals surface area contributed by atoms with Crippen molar-refractivity contribution in [1.82, 2.24) is 24.9 Å². The summed E-state index contributed by atoms with van der Waals surface area (Å²) in [5, 5.41) is 7.05. The third-order valence-electron chi connectivity index (χ3n) is 5.89. The Kier molecular flexibility index (Phi) is 5.83. The molecule has 2 aliphatic rings. The molecule has 1 aromatic carbocycles. The van der Waals surface area contributed by atoms with Crippen molar-refractivity contribution < 1.29 is 14.4 Å². The number of likely N-dealkylation sites (tertiary alicyclic amines) is 2. The Bertz CT molecular complexity index is 918. The lowest BCUT2D eigenvalue weighted by Crippen LogP contribution is -2.48.